The Morgan fingerprint density at radius 3 is 2.56 bits per heavy atom. The van der Waals surface area contributed by atoms with E-state index in [9.17, 15) is 29.1 Å². The summed E-state index contributed by atoms with van der Waals surface area (Å²) in [6.45, 7) is 1.81. The number of methoxy groups -OCH3 is 1. The van der Waals surface area contributed by atoms with E-state index in [4.69, 9.17) is 9.84 Å². The molecule has 39 heavy (non-hydrogen) atoms. The van der Waals surface area contributed by atoms with E-state index < -0.39 is 29.6 Å². The van der Waals surface area contributed by atoms with E-state index >= 15 is 0 Å². The highest BCUT2D eigenvalue weighted by atomic mass is 16.5. The van der Waals surface area contributed by atoms with Gasteiger partial charge in [0.2, 0.25) is 11.8 Å². The van der Waals surface area contributed by atoms with Crippen LogP contribution in [-0.4, -0.2) is 58.1 Å². The molecule has 4 atom stereocenters. The average Bonchev–Trinajstić information content (AvgIpc) is 3.15. The van der Waals surface area contributed by atoms with Crippen molar-refractivity contribution in [1.82, 2.24) is 4.90 Å². The predicted molar refractivity (Wildman–Crippen MR) is 139 cm³/mol. The van der Waals surface area contributed by atoms with Crippen molar-refractivity contribution in [2.75, 3.05) is 13.7 Å². The first-order valence-electron chi connectivity index (χ1n) is 13.3. The molecule has 1 saturated heterocycles. The Hall–Kier alpha value is -4.01. The molecular formula is C30H31NO8. The van der Waals surface area contributed by atoms with Gasteiger partial charge in [-0.2, -0.15) is 0 Å². The van der Waals surface area contributed by atoms with Crippen molar-refractivity contribution in [2.24, 2.45) is 17.8 Å². The highest BCUT2D eigenvalue weighted by molar-refractivity contribution is 6.23. The van der Waals surface area contributed by atoms with Gasteiger partial charge in [-0.1, -0.05) is 18.1 Å². The molecule has 0 unspecified atom stereocenters. The van der Waals surface area contributed by atoms with Crippen LogP contribution in [0.2, 0.25) is 0 Å². The Morgan fingerprint density at radius 1 is 1.08 bits per heavy atom. The first-order valence-corrected chi connectivity index (χ1v) is 13.3. The topological polar surface area (TPSA) is 138 Å². The fourth-order valence-corrected chi connectivity index (χ4v) is 6.64. The maximum Gasteiger partial charge on any atom is 0.303 e. The maximum absolute atomic E-state index is 13.7. The van der Waals surface area contributed by atoms with Crippen LogP contribution in [0, 0.1) is 17.8 Å². The summed E-state index contributed by atoms with van der Waals surface area (Å²) in [6.07, 6.45) is 5.33. The molecule has 1 aromatic rings. The molecule has 1 aromatic carbocycles. The summed E-state index contributed by atoms with van der Waals surface area (Å²) in [7, 11) is 1.50. The number of nitrogens with zero attached hydrogens (tertiary/aromatic N) is 1. The molecule has 0 radical (unpaired) electrons. The molecule has 5 rings (SSSR count). The highest BCUT2D eigenvalue weighted by Gasteiger charge is 2.56. The number of carboxylic acid groups (broad SMARTS) is 1. The number of carboxylic acids is 1. The number of unbranched alkanes of at least 4 members (excludes halogenated alkanes) is 2. The Kier molecular flexibility index (Phi) is 7.01. The molecule has 9 nitrogen and oxygen atoms in total. The van der Waals surface area contributed by atoms with Crippen molar-refractivity contribution in [1.29, 1.82) is 0 Å². The Balaban J connectivity index is 1.52. The number of hydrogen-bond donors (Lipinski definition) is 2. The van der Waals surface area contributed by atoms with E-state index in [0.717, 1.165) is 5.57 Å². The summed E-state index contributed by atoms with van der Waals surface area (Å²) in [4.78, 5) is 65.7. The summed E-state index contributed by atoms with van der Waals surface area (Å²) >= 11 is 0. The van der Waals surface area contributed by atoms with E-state index in [1.54, 1.807) is 19.1 Å². The molecule has 2 amide bonds. The molecular weight excluding hydrogens is 502 g/mol. The SMILES string of the molecule is COc1ccc(O)c([C@H]2C3=CC[C@@H]4C(=O)N(CCCCCC(=O)O)C(=O)[C@@H]4[C@@H]3CC3=C2C(=O)C=C(C)C3=O)c1. The van der Waals surface area contributed by atoms with E-state index in [0.29, 0.717) is 53.7 Å². The molecule has 3 aliphatic carbocycles. The van der Waals surface area contributed by atoms with Crippen LogP contribution in [0.4, 0.5) is 0 Å². The van der Waals surface area contributed by atoms with Crippen molar-refractivity contribution in [3.63, 3.8) is 0 Å². The van der Waals surface area contributed by atoms with E-state index in [1.807, 2.05) is 6.08 Å². The first kappa shape index (κ1) is 26.6. The minimum Gasteiger partial charge on any atom is -0.508 e. The highest BCUT2D eigenvalue weighted by Crippen LogP contribution is 2.56. The van der Waals surface area contributed by atoms with Crippen molar-refractivity contribution in [3.8, 4) is 11.5 Å². The van der Waals surface area contributed by atoms with Gasteiger partial charge in [0.1, 0.15) is 11.5 Å². The second-order valence-corrected chi connectivity index (χ2v) is 10.7. The first-order chi connectivity index (χ1) is 18.6. The van der Waals surface area contributed by atoms with Gasteiger partial charge < -0.3 is 14.9 Å². The van der Waals surface area contributed by atoms with Gasteiger partial charge >= 0.3 is 5.97 Å². The summed E-state index contributed by atoms with van der Waals surface area (Å²) in [5.74, 6) is -4.01. The molecule has 1 aliphatic heterocycles. The largest absolute Gasteiger partial charge is 0.508 e. The number of benzene rings is 1. The number of hydrogen-bond acceptors (Lipinski definition) is 7. The lowest BCUT2D eigenvalue weighted by Crippen LogP contribution is -2.39. The number of ketones is 2. The van der Waals surface area contributed by atoms with Gasteiger partial charge in [0.15, 0.2) is 11.6 Å². The van der Waals surface area contributed by atoms with Crippen LogP contribution in [-0.2, 0) is 24.0 Å². The number of fused-ring (bicyclic) bond motifs is 3. The lowest BCUT2D eigenvalue weighted by atomic mass is 9.59. The van der Waals surface area contributed by atoms with Crippen LogP contribution in [0.1, 0.15) is 56.9 Å². The van der Waals surface area contributed by atoms with Crippen molar-refractivity contribution >= 4 is 29.4 Å². The van der Waals surface area contributed by atoms with E-state index in [1.165, 1.54) is 24.2 Å². The minimum absolute atomic E-state index is 0.0407. The number of likely N-dealkylation sites (tertiary alicyclic amines) is 1. The third-order valence-electron chi connectivity index (χ3n) is 8.47. The fraction of sp³-hybridized carbons (Fsp3) is 0.433. The zero-order chi connectivity index (χ0) is 28.0. The summed E-state index contributed by atoms with van der Waals surface area (Å²) in [5, 5.41) is 19.7. The second-order valence-electron chi connectivity index (χ2n) is 10.7. The summed E-state index contributed by atoms with van der Waals surface area (Å²) < 4.78 is 5.37. The zero-order valence-corrected chi connectivity index (χ0v) is 21.9. The predicted octanol–water partition coefficient (Wildman–Crippen LogP) is 3.48. The number of amides is 2. The molecule has 0 spiro atoms. The van der Waals surface area contributed by atoms with Gasteiger partial charge in [-0.25, -0.2) is 0 Å². The molecule has 9 heteroatoms. The Morgan fingerprint density at radius 2 is 1.85 bits per heavy atom. The van der Waals surface area contributed by atoms with Gasteiger partial charge in [0.05, 0.1) is 18.9 Å². The number of allylic oxidation sites excluding steroid dienone is 6. The maximum atomic E-state index is 13.7. The molecule has 0 bridgehead atoms. The van der Waals surface area contributed by atoms with Crippen LogP contribution in [0.3, 0.4) is 0 Å². The number of ether oxygens (including phenoxy) is 1. The number of carbonyl (C=O) groups excluding carboxylic acids is 4. The van der Waals surface area contributed by atoms with E-state index in [2.05, 4.69) is 0 Å². The lowest BCUT2D eigenvalue weighted by molar-refractivity contribution is -0.141. The van der Waals surface area contributed by atoms with Crippen LogP contribution in [0.15, 0.2) is 52.6 Å². The monoisotopic (exact) mass is 533 g/mol. The number of aromatic hydroxyl groups is 1. The summed E-state index contributed by atoms with van der Waals surface area (Å²) in [6, 6.07) is 4.73. The average molecular weight is 534 g/mol. The smallest absolute Gasteiger partial charge is 0.303 e. The number of Topliss-reactive ketones (excluding diaryl/α,β-unsaturated/α-hetero) is 1. The number of imide groups is 1. The normalized spacial score (nSPS) is 26.2. The van der Waals surface area contributed by atoms with Crippen LogP contribution in [0.5, 0.6) is 11.5 Å². The zero-order valence-electron chi connectivity index (χ0n) is 21.9. The third kappa shape index (κ3) is 4.49. The van der Waals surface area contributed by atoms with Crippen molar-refractivity contribution < 1.29 is 38.9 Å². The molecule has 204 valence electrons. The lowest BCUT2D eigenvalue weighted by Gasteiger charge is -2.42. The van der Waals surface area contributed by atoms with E-state index in [-0.39, 0.29) is 48.5 Å². The third-order valence-corrected chi connectivity index (χ3v) is 8.47. The van der Waals surface area contributed by atoms with Crippen molar-refractivity contribution in [2.45, 2.75) is 51.4 Å². The van der Waals surface area contributed by atoms with Crippen molar-refractivity contribution in [3.05, 3.63) is 58.2 Å². The molecule has 0 saturated carbocycles. The van der Waals surface area contributed by atoms with Gasteiger partial charge in [-0.3, -0.25) is 28.9 Å². The number of aliphatic carboxylic acids is 1. The quantitative estimate of drug-likeness (QED) is 0.224. The van der Waals surface area contributed by atoms with Gasteiger partial charge in [0.25, 0.3) is 0 Å². The minimum atomic E-state index is -0.878. The molecule has 4 aliphatic rings. The Bertz CT molecular complexity index is 1380. The number of rotatable bonds is 8. The number of carbonyl (C=O) groups is 5. The second kappa shape index (κ2) is 10.3. The fourth-order valence-electron chi connectivity index (χ4n) is 6.64. The van der Waals surface area contributed by atoms with Gasteiger partial charge in [0, 0.05) is 41.2 Å². The Labute approximate surface area is 225 Å². The molecule has 2 N–H and O–H groups in total. The molecule has 0 aromatic heterocycles. The number of phenols is 1. The number of phenolic OH excluding ortho intramolecular Hbond substituents is 1. The molecule has 1 fully saturated rings. The summed E-state index contributed by atoms with van der Waals surface area (Å²) in [5.41, 5.74) is 2.14. The van der Waals surface area contributed by atoms with Crippen LogP contribution in [0.25, 0.3) is 0 Å². The van der Waals surface area contributed by atoms with Gasteiger partial charge in [-0.05, 0) is 62.8 Å². The standard InChI is InChI=1S/C30H31NO8/c1-15-12-23(33)27-21(28(15)36)14-19-17(25(27)20-13-16(39-2)7-10-22(20)32)8-9-18-26(19)30(38)31(29(18)37)11-5-3-4-6-24(34)35/h7-8,10,12-13,18-19,25-26,32H,3-6,9,11,14H2,1-2H3,(H,34,35)/t18-,19+,25+,26-/m0/s1. The molecule has 1 heterocycles. The van der Waals surface area contributed by atoms with Crippen LogP contribution < -0.4 is 4.74 Å². The van der Waals surface area contributed by atoms with Crippen LogP contribution >= 0.6 is 0 Å². The van der Waals surface area contributed by atoms with Gasteiger partial charge in [-0.15, -0.1) is 0 Å².